The van der Waals surface area contributed by atoms with Gasteiger partial charge in [-0.05, 0) is 56.0 Å². The number of benzene rings is 2. The lowest BCUT2D eigenvalue weighted by molar-refractivity contribution is -0.0907. The molecule has 0 unspecified atom stereocenters. The SMILES string of the molecule is Cc1ccc2c(N3CCC(NC(=O)O[C@@H]4CO[C@H]5OCC[C@H]54)CC3)nc(-c3ccccc3O)nc2c1.[HH].[HH]. The van der Waals surface area contributed by atoms with Gasteiger partial charge in [0.1, 0.15) is 17.7 Å². The first-order valence-electron chi connectivity index (χ1n) is 12.6. The molecule has 3 fully saturated rings. The molecule has 0 bridgehead atoms. The molecule has 36 heavy (non-hydrogen) atoms. The summed E-state index contributed by atoms with van der Waals surface area (Å²) in [5, 5.41) is 14.4. The number of aryl methyl sites for hydroxylation is 1. The molecule has 0 spiro atoms. The molecule has 0 saturated carbocycles. The average Bonchev–Trinajstić information content (AvgIpc) is 3.49. The van der Waals surface area contributed by atoms with Gasteiger partial charge in [-0.1, -0.05) is 18.2 Å². The van der Waals surface area contributed by atoms with Gasteiger partial charge in [0.05, 0.1) is 30.2 Å². The number of rotatable bonds is 4. The van der Waals surface area contributed by atoms with E-state index in [2.05, 4.69) is 22.3 Å². The second-order valence-corrected chi connectivity index (χ2v) is 9.78. The van der Waals surface area contributed by atoms with Crippen molar-refractivity contribution in [3.8, 4) is 17.1 Å². The standard InChI is InChI=1S/C27H30N4O5.2H2/c1-16-6-7-18-21(14-16)29-24(19-4-2-3-5-22(19)32)30-25(18)31-11-8-17(9-12-31)28-27(33)36-23-15-35-26-20(23)10-13-34-26;;/h2-7,14,17,20,23,26,32H,8-13,15H2,1H3,(H,28,33);2*1H/t20-,23+,26+;;/m0../s1. The number of aromatic nitrogens is 2. The number of carbonyl (C=O) groups excluding carboxylic acids is 1. The normalized spacial score (nSPS) is 24.1. The highest BCUT2D eigenvalue weighted by molar-refractivity contribution is 5.92. The molecule has 0 aliphatic carbocycles. The molecule has 3 saturated heterocycles. The lowest BCUT2D eigenvalue weighted by Gasteiger charge is -2.34. The zero-order chi connectivity index (χ0) is 24.6. The van der Waals surface area contributed by atoms with E-state index in [-0.39, 0.29) is 39.0 Å². The van der Waals surface area contributed by atoms with Crippen molar-refractivity contribution < 1.29 is 27.0 Å². The van der Waals surface area contributed by atoms with Gasteiger partial charge >= 0.3 is 6.09 Å². The fraction of sp³-hybridized carbons (Fsp3) is 0.444. The van der Waals surface area contributed by atoms with Crippen LogP contribution in [0.1, 0.15) is 27.7 Å². The summed E-state index contributed by atoms with van der Waals surface area (Å²) in [5.74, 6) is 1.62. The number of phenols is 1. The van der Waals surface area contributed by atoms with E-state index in [0.29, 0.717) is 24.6 Å². The quantitative estimate of drug-likeness (QED) is 0.554. The van der Waals surface area contributed by atoms with Crippen LogP contribution in [0.15, 0.2) is 42.5 Å². The molecule has 3 aromatic rings. The summed E-state index contributed by atoms with van der Waals surface area (Å²) in [5.41, 5.74) is 2.56. The van der Waals surface area contributed by atoms with Crippen LogP contribution in [0.3, 0.4) is 0 Å². The van der Waals surface area contributed by atoms with Gasteiger partial charge in [0.15, 0.2) is 12.1 Å². The zero-order valence-electron chi connectivity index (χ0n) is 20.2. The van der Waals surface area contributed by atoms with Crippen LogP contribution in [0.2, 0.25) is 0 Å². The maximum absolute atomic E-state index is 12.6. The Morgan fingerprint density at radius 3 is 2.81 bits per heavy atom. The average molecular weight is 495 g/mol. The number of para-hydroxylation sites is 1. The summed E-state index contributed by atoms with van der Waals surface area (Å²) in [6, 6.07) is 13.3. The summed E-state index contributed by atoms with van der Waals surface area (Å²) < 4.78 is 16.8. The largest absolute Gasteiger partial charge is 0.507 e. The van der Waals surface area contributed by atoms with E-state index in [1.165, 1.54) is 0 Å². The Bertz CT molecular complexity index is 1290. The molecule has 3 aliphatic rings. The molecule has 2 aromatic carbocycles. The number of ether oxygens (including phenoxy) is 3. The van der Waals surface area contributed by atoms with Crippen molar-refractivity contribution in [2.24, 2.45) is 5.92 Å². The Hall–Kier alpha value is -3.43. The highest BCUT2D eigenvalue weighted by Crippen LogP contribution is 2.34. The van der Waals surface area contributed by atoms with Gasteiger partial charge in [-0.2, -0.15) is 0 Å². The zero-order valence-corrected chi connectivity index (χ0v) is 20.2. The van der Waals surface area contributed by atoms with Gasteiger partial charge in [-0.25, -0.2) is 14.8 Å². The van der Waals surface area contributed by atoms with Gasteiger partial charge in [-0.15, -0.1) is 0 Å². The number of hydrogen-bond donors (Lipinski definition) is 2. The van der Waals surface area contributed by atoms with Crippen LogP contribution in [0.4, 0.5) is 10.6 Å². The fourth-order valence-corrected chi connectivity index (χ4v) is 5.37. The molecule has 9 nitrogen and oxygen atoms in total. The molecule has 3 atom stereocenters. The number of anilines is 1. The second kappa shape index (κ2) is 9.55. The summed E-state index contributed by atoms with van der Waals surface area (Å²) >= 11 is 0. The van der Waals surface area contributed by atoms with Crippen molar-refractivity contribution in [3.05, 3.63) is 48.0 Å². The van der Waals surface area contributed by atoms with E-state index in [0.717, 1.165) is 54.6 Å². The monoisotopic (exact) mass is 494 g/mol. The Morgan fingerprint density at radius 1 is 1.14 bits per heavy atom. The molecule has 1 amide bonds. The number of aromatic hydroxyl groups is 1. The van der Waals surface area contributed by atoms with Gasteiger partial charge < -0.3 is 29.5 Å². The first-order chi connectivity index (χ1) is 17.5. The molecule has 2 N–H and O–H groups in total. The molecule has 0 radical (unpaired) electrons. The minimum absolute atomic E-state index is 0. The topological polar surface area (TPSA) is 106 Å². The Morgan fingerprint density at radius 2 is 1.97 bits per heavy atom. The third-order valence-corrected chi connectivity index (χ3v) is 7.34. The minimum atomic E-state index is -0.389. The predicted octanol–water partition coefficient (Wildman–Crippen LogP) is 4.26. The number of carbonyl (C=O) groups is 1. The van der Waals surface area contributed by atoms with E-state index in [1.54, 1.807) is 12.1 Å². The third kappa shape index (κ3) is 4.44. The number of piperidine rings is 1. The number of alkyl carbamates (subject to hydrolysis) is 1. The van der Waals surface area contributed by atoms with Gasteiger partial charge in [-0.3, -0.25) is 0 Å². The van der Waals surface area contributed by atoms with E-state index < -0.39 is 0 Å². The third-order valence-electron chi connectivity index (χ3n) is 7.34. The molecule has 4 heterocycles. The molecule has 6 rings (SSSR count). The highest BCUT2D eigenvalue weighted by atomic mass is 16.7. The summed E-state index contributed by atoms with van der Waals surface area (Å²) in [4.78, 5) is 24.4. The summed E-state index contributed by atoms with van der Waals surface area (Å²) in [6.07, 6.45) is 1.53. The first kappa shape index (κ1) is 23.0. The Kier molecular flexibility index (Phi) is 6.10. The van der Waals surface area contributed by atoms with E-state index in [1.807, 2.05) is 25.1 Å². The predicted molar refractivity (Wildman–Crippen MR) is 138 cm³/mol. The Balaban J connectivity index is 0.00000168. The molecule has 9 heteroatoms. The maximum Gasteiger partial charge on any atom is 0.407 e. The molecular formula is C27H34N4O5. The van der Waals surface area contributed by atoms with E-state index >= 15 is 0 Å². The van der Waals surface area contributed by atoms with E-state index in [9.17, 15) is 9.90 Å². The van der Waals surface area contributed by atoms with Crippen molar-refractivity contribution in [2.75, 3.05) is 31.2 Å². The minimum Gasteiger partial charge on any atom is -0.507 e. The number of amides is 1. The molecule has 1 aromatic heterocycles. The second-order valence-electron chi connectivity index (χ2n) is 9.78. The van der Waals surface area contributed by atoms with Crippen molar-refractivity contribution in [3.63, 3.8) is 0 Å². The number of nitrogens with one attached hydrogen (secondary N) is 1. The van der Waals surface area contributed by atoms with Crippen molar-refractivity contribution in [1.82, 2.24) is 15.3 Å². The molecule has 3 aliphatic heterocycles. The lowest BCUT2D eigenvalue weighted by Crippen LogP contribution is -2.46. The van der Waals surface area contributed by atoms with Crippen molar-refractivity contribution in [2.45, 2.75) is 44.6 Å². The fourth-order valence-electron chi connectivity index (χ4n) is 5.37. The van der Waals surface area contributed by atoms with Crippen LogP contribution in [0, 0.1) is 12.8 Å². The number of hydrogen-bond acceptors (Lipinski definition) is 8. The van der Waals surface area contributed by atoms with E-state index in [4.69, 9.17) is 24.2 Å². The molecular weight excluding hydrogens is 460 g/mol. The van der Waals surface area contributed by atoms with Gasteiger partial charge in [0.2, 0.25) is 0 Å². The summed E-state index contributed by atoms with van der Waals surface area (Å²) in [7, 11) is 0. The van der Waals surface area contributed by atoms with Crippen molar-refractivity contribution in [1.29, 1.82) is 0 Å². The van der Waals surface area contributed by atoms with Crippen LogP contribution in [-0.2, 0) is 14.2 Å². The smallest absolute Gasteiger partial charge is 0.407 e. The first-order valence-corrected chi connectivity index (χ1v) is 12.6. The number of phenolic OH excluding ortho intramolecular Hbond substituents is 1. The van der Waals surface area contributed by atoms with Crippen LogP contribution in [0.25, 0.3) is 22.3 Å². The maximum atomic E-state index is 12.6. The summed E-state index contributed by atoms with van der Waals surface area (Å²) in [6.45, 7) is 4.54. The van der Waals surface area contributed by atoms with Crippen molar-refractivity contribution >= 4 is 22.8 Å². The van der Waals surface area contributed by atoms with Crippen LogP contribution >= 0.6 is 0 Å². The van der Waals surface area contributed by atoms with Gasteiger partial charge in [0.25, 0.3) is 0 Å². The van der Waals surface area contributed by atoms with Gasteiger partial charge in [0, 0.05) is 27.4 Å². The van der Waals surface area contributed by atoms with Crippen LogP contribution in [0.5, 0.6) is 5.75 Å². The van der Waals surface area contributed by atoms with Crippen LogP contribution in [-0.4, -0.2) is 65.9 Å². The number of nitrogens with zero attached hydrogens (tertiary/aromatic N) is 3. The Labute approximate surface area is 212 Å². The lowest BCUT2D eigenvalue weighted by atomic mass is 10.0. The molecule has 192 valence electrons. The van der Waals surface area contributed by atoms with Crippen LogP contribution < -0.4 is 10.2 Å². The highest BCUT2D eigenvalue weighted by Gasteiger charge is 2.44. The number of fused-ring (bicyclic) bond motifs is 2.